The lowest BCUT2D eigenvalue weighted by Crippen LogP contribution is -2.14. The molecule has 34 heavy (non-hydrogen) atoms. The van der Waals surface area contributed by atoms with Crippen molar-refractivity contribution in [1.82, 2.24) is 0 Å². The average Bonchev–Trinajstić information content (AvgIpc) is 2.84. The van der Waals surface area contributed by atoms with Gasteiger partial charge in [0.15, 0.2) is 0 Å². The Kier molecular flexibility index (Phi) is 6.79. The zero-order valence-corrected chi connectivity index (χ0v) is 18.6. The Morgan fingerprint density at radius 3 is 2.21 bits per heavy atom. The number of fused-ring (bicyclic) bond motifs is 1. The average molecular weight is 473 g/mol. The molecule has 0 radical (unpaired) electrons. The highest BCUT2D eigenvalue weighted by Gasteiger charge is 2.12. The number of hydrogen-bond donors (Lipinski definition) is 4. The molecule has 0 heterocycles. The Labute approximate surface area is 199 Å². The summed E-state index contributed by atoms with van der Waals surface area (Å²) in [5.74, 6) is -2.07. The van der Waals surface area contributed by atoms with Gasteiger partial charge in [0.2, 0.25) is 5.91 Å². The number of carboxylic acids is 1. The Morgan fingerprint density at radius 1 is 0.765 bits per heavy atom. The Bertz CT molecular complexity index is 1390. The van der Waals surface area contributed by atoms with Crippen LogP contribution in [0.1, 0.15) is 20.7 Å². The number of thioether (sulfide) groups is 1. The topological polar surface area (TPSA) is 116 Å². The first-order valence-electron chi connectivity index (χ1n) is 10.3. The summed E-state index contributed by atoms with van der Waals surface area (Å²) in [4.78, 5) is 36.7. The van der Waals surface area contributed by atoms with E-state index in [1.165, 1.54) is 30.0 Å². The molecule has 0 aliphatic heterocycles. The van der Waals surface area contributed by atoms with Crippen molar-refractivity contribution in [3.63, 3.8) is 0 Å². The molecule has 4 rings (SSSR count). The molecule has 8 heteroatoms. The molecule has 0 unspecified atom stereocenters. The Morgan fingerprint density at radius 2 is 1.47 bits per heavy atom. The standard InChI is InChI=1S/C26H20N2O5S/c29-23-12-9-20(14-22(23)26(32)33)27-24(30)15-34-21-10-7-19(8-11-21)28-25(31)18-6-5-16-3-1-2-4-17(16)13-18/h1-14,29H,15H2,(H,27,30)(H,28,31)(H,32,33). The molecule has 0 fully saturated rings. The summed E-state index contributed by atoms with van der Waals surface area (Å²) in [5.41, 5.74) is 1.20. The third kappa shape index (κ3) is 5.54. The molecule has 0 bridgehead atoms. The molecule has 0 aromatic heterocycles. The zero-order chi connectivity index (χ0) is 24.1. The molecule has 0 saturated heterocycles. The molecule has 2 amide bonds. The summed E-state index contributed by atoms with van der Waals surface area (Å²) in [5, 5.41) is 26.2. The predicted octanol–water partition coefficient (Wildman–Crippen LogP) is 5.23. The van der Waals surface area contributed by atoms with Gasteiger partial charge >= 0.3 is 5.97 Å². The van der Waals surface area contributed by atoms with Crippen molar-refractivity contribution >= 4 is 51.7 Å². The summed E-state index contributed by atoms with van der Waals surface area (Å²) in [6.07, 6.45) is 0. The number of benzene rings is 4. The van der Waals surface area contributed by atoms with Crippen LogP contribution in [-0.4, -0.2) is 33.7 Å². The van der Waals surface area contributed by atoms with E-state index in [4.69, 9.17) is 5.11 Å². The zero-order valence-electron chi connectivity index (χ0n) is 17.8. The first-order chi connectivity index (χ1) is 16.4. The smallest absolute Gasteiger partial charge is 0.339 e. The Hall–Kier alpha value is -4.30. The van der Waals surface area contributed by atoms with Crippen LogP contribution < -0.4 is 10.6 Å². The van der Waals surface area contributed by atoms with Gasteiger partial charge in [0.05, 0.1) is 5.75 Å². The van der Waals surface area contributed by atoms with E-state index in [0.29, 0.717) is 11.3 Å². The maximum absolute atomic E-state index is 12.6. The minimum atomic E-state index is -1.28. The molecule has 0 saturated carbocycles. The summed E-state index contributed by atoms with van der Waals surface area (Å²) in [6, 6.07) is 24.4. The monoisotopic (exact) mass is 472 g/mol. The number of phenols is 1. The number of carbonyl (C=O) groups is 3. The predicted molar refractivity (Wildman–Crippen MR) is 133 cm³/mol. The van der Waals surface area contributed by atoms with Gasteiger partial charge < -0.3 is 20.8 Å². The van der Waals surface area contributed by atoms with E-state index in [0.717, 1.165) is 15.7 Å². The number of nitrogens with one attached hydrogen (secondary N) is 2. The highest BCUT2D eigenvalue weighted by molar-refractivity contribution is 8.00. The molecular formula is C26H20N2O5S. The van der Waals surface area contributed by atoms with Crippen LogP contribution in [0.15, 0.2) is 89.8 Å². The van der Waals surface area contributed by atoms with Crippen molar-refractivity contribution in [2.45, 2.75) is 4.90 Å². The molecule has 4 aromatic carbocycles. The number of aromatic carboxylic acids is 1. The van der Waals surface area contributed by atoms with Gasteiger partial charge in [-0.3, -0.25) is 9.59 Å². The fraction of sp³-hybridized carbons (Fsp3) is 0.0385. The summed E-state index contributed by atoms with van der Waals surface area (Å²) in [7, 11) is 0. The van der Waals surface area contributed by atoms with E-state index >= 15 is 0 Å². The number of anilines is 2. The lowest BCUT2D eigenvalue weighted by Gasteiger charge is -2.09. The summed E-state index contributed by atoms with van der Waals surface area (Å²) >= 11 is 1.30. The van der Waals surface area contributed by atoms with Gasteiger partial charge in [0, 0.05) is 21.8 Å². The molecule has 170 valence electrons. The number of carbonyl (C=O) groups excluding carboxylic acids is 2. The van der Waals surface area contributed by atoms with Gasteiger partial charge in [0.1, 0.15) is 11.3 Å². The molecule has 0 atom stereocenters. The second-order valence-electron chi connectivity index (χ2n) is 7.41. The van der Waals surface area contributed by atoms with E-state index in [-0.39, 0.29) is 34.6 Å². The number of amides is 2. The number of rotatable bonds is 7. The lowest BCUT2D eigenvalue weighted by atomic mass is 10.1. The number of hydrogen-bond acceptors (Lipinski definition) is 5. The first kappa shape index (κ1) is 22.9. The SMILES string of the molecule is O=C(CSc1ccc(NC(=O)c2ccc3ccccc3c2)cc1)Nc1ccc(O)c(C(=O)O)c1. The summed E-state index contributed by atoms with van der Waals surface area (Å²) in [6.45, 7) is 0. The van der Waals surface area contributed by atoms with Gasteiger partial charge in [-0.25, -0.2) is 4.79 Å². The van der Waals surface area contributed by atoms with Crippen molar-refractivity contribution in [3.05, 3.63) is 96.1 Å². The molecule has 0 spiro atoms. The maximum Gasteiger partial charge on any atom is 0.339 e. The second kappa shape index (κ2) is 10.1. The molecule has 0 aliphatic carbocycles. The number of aromatic hydroxyl groups is 1. The van der Waals surface area contributed by atoms with Gasteiger partial charge in [-0.1, -0.05) is 30.3 Å². The van der Waals surface area contributed by atoms with E-state index in [2.05, 4.69) is 10.6 Å². The van der Waals surface area contributed by atoms with Crippen molar-refractivity contribution in [2.24, 2.45) is 0 Å². The highest BCUT2D eigenvalue weighted by Crippen LogP contribution is 2.24. The van der Waals surface area contributed by atoms with Gasteiger partial charge in [-0.2, -0.15) is 0 Å². The molecule has 7 nitrogen and oxygen atoms in total. The molecule has 4 N–H and O–H groups in total. The normalized spacial score (nSPS) is 10.6. The van der Waals surface area contributed by atoms with Gasteiger partial charge in [-0.05, 0) is 65.4 Å². The van der Waals surface area contributed by atoms with Crippen LogP contribution in [0.4, 0.5) is 11.4 Å². The fourth-order valence-corrected chi connectivity index (χ4v) is 4.00. The fourth-order valence-electron chi connectivity index (χ4n) is 3.30. The van der Waals surface area contributed by atoms with Crippen LogP contribution in [0.3, 0.4) is 0 Å². The molecule has 4 aromatic rings. The van der Waals surface area contributed by atoms with Crippen molar-refractivity contribution in [3.8, 4) is 5.75 Å². The lowest BCUT2D eigenvalue weighted by molar-refractivity contribution is -0.113. The van der Waals surface area contributed by atoms with Gasteiger partial charge in [-0.15, -0.1) is 11.8 Å². The van der Waals surface area contributed by atoms with Crippen LogP contribution in [0.25, 0.3) is 10.8 Å². The van der Waals surface area contributed by atoms with Crippen molar-refractivity contribution in [2.75, 3.05) is 16.4 Å². The third-order valence-electron chi connectivity index (χ3n) is 5.00. The van der Waals surface area contributed by atoms with E-state index in [1.807, 2.05) is 36.4 Å². The molecular weight excluding hydrogens is 452 g/mol. The molecule has 0 aliphatic rings. The second-order valence-corrected chi connectivity index (χ2v) is 8.46. The first-order valence-corrected chi connectivity index (χ1v) is 11.3. The summed E-state index contributed by atoms with van der Waals surface area (Å²) < 4.78 is 0. The maximum atomic E-state index is 12.6. The van der Waals surface area contributed by atoms with Crippen LogP contribution in [-0.2, 0) is 4.79 Å². The van der Waals surface area contributed by atoms with Crippen LogP contribution in [0, 0.1) is 0 Å². The minimum Gasteiger partial charge on any atom is -0.507 e. The van der Waals surface area contributed by atoms with E-state index in [1.54, 1.807) is 30.3 Å². The Balaban J connectivity index is 1.32. The minimum absolute atomic E-state index is 0.103. The van der Waals surface area contributed by atoms with Crippen LogP contribution >= 0.6 is 11.8 Å². The van der Waals surface area contributed by atoms with E-state index in [9.17, 15) is 19.5 Å². The highest BCUT2D eigenvalue weighted by atomic mass is 32.2. The van der Waals surface area contributed by atoms with Crippen molar-refractivity contribution < 1.29 is 24.6 Å². The number of carboxylic acid groups (broad SMARTS) is 1. The van der Waals surface area contributed by atoms with Crippen molar-refractivity contribution in [1.29, 1.82) is 0 Å². The largest absolute Gasteiger partial charge is 0.507 e. The van der Waals surface area contributed by atoms with E-state index < -0.39 is 5.97 Å². The van der Waals surface area contributed by atoms with Gasteiger partial charge in [0.25, 0.3) is 5.91 Å². The van der Waals surface area contributed by atoms with Crippen LogP contribution in [0.2, 0.25) is 0 Å². The quantitative estimate of drug-likeness (QED) is 0.216. The third-order valence-corrected chi connectivity index (χ3v) is 6.02. The van der Waals surface area contributed by atoms with Crippen LogP contribution in [0.5, 0.6) is 5.75 Å².